The lowest BCUT2D eigenvalue weighted by atomic mass is 9.84. The van der Waals surface area contributed by atoms with Gasteiger partial charge >= 0.3 is 11.7 Å². The number of benzene rings is 2. The van der Waals surface area contributed by atoms with E-state index in [2.05, 4.69) is 0 Å². The van der Waals surface area contributed by atoms with Crippen LogP contribution in [0.1, 0.15) is 25.0 Å². The second-order valence-corrected chi connectivity index (χ2v) is 5.64. The molecule has 0 aliphatic heterocycles. The first-order chi connectivity index (χ1) is 10.8. The Morgan fingerprint density at radius 3 is 2.43 bits per heavy atom. The number of carboxylic acid groups (broad SMARTS) is 1. The number of ether oxygens (including phenoxy) is 1. The van der Waals surface area contributed by atoms with Gasteiger partial charge in [0.1, 0.15) is 6.61 Å². The van der Waals surface area contributed by atoms with Gasteiger partial charge in [-0.1, -0.05) is 36.4 Å². The van der Waals surface area contributed by atoms with Crippen molar-refractivity contribution in [2.45, 2.75) is 25.9 Å². The van der Waals surface area contributed by atoms with Gasteiger partial charge in [0.2, 0.25) is 0 Å². The maximum absolute atomic E-state index is 11.4. The van der Waals surface area contributed by atoms with E-state index >= 15 is 0 Å². The summed E-state index contributed by atoms with van der Waals surface area (Å²) in [5.41, 5.74) is -0.0470. The number of hydrogen-bond acceptors (Lipinski definition) is 4. The minimum absolute atomic E-state index is 0.0608. The highest BCUT2D eigenvalue weighted by Gasteiger charge is 2.31. The third-order valence-electron chi connectivity index (χ3n) is 3.65. The molecule has 0 unspecified atom stereocenters. The topological polar surface area (TPSA) is 89.7 Å². The molecule has 6 nitrogen and oxygen atoms in total. The van der Waals surface area contributed by atoms with E-state index in [0.717, 1.165) is 5.56 Å². The van der Waals surface area contributed by atoms with Crippen molar-refractivity contribution in [3.8, 4) is 5.75 Å². The summed E-state index contributed by atoms with van der Waals surface area (Å²) in [5, 5.41) is 20.4. The first-order valence-electron chi connectivity index (χ1n) is 7.01. The number of nitro groups is 1. The molecule has 0 amide bonds. The van der Waals surface area contributed by atoms with Crippen LogP contribution in [0.4, 0.5) is 5.69 Å². The highest BCUT2D eigenvalue weighted by Crippen LogP contribution is 2.33. The molecule has 0 radical (unpaired) electrons. The maximum Gasteiger partial charge on any atom is 0.313 e. The third kappa shape index (κ3) is 3.66. The lowest BCUT2D eigenvalue weighted by Crippen LogP contribution is -2.28. The molecule has 0 saturated heterocycles. The molecule has 2 aromatic carbocycles. The maximum atomic E-state index is 11.4. The summed E-state index contributed by atoms with van der Waals surface area (Å²) >= 11 is 0. The fourth-order valence-corrected chi connectivity index (χ4v) is 2.03. The average Bonchev–Trinajstić information content (AvgIpc) is 2.53. The van der Waals surface area contributed by atoms with E-state index in [4.69, 9.17) is 4.74 Å². The molecule has 0 bridgehead atoms. The lowest BCUT2D eigenvalue weighted by Gasteiger charge is -2.20. The standard InChI is InChI=1S/C17H17NO5/c1-17(2,16(19)20)13-8-9-14(18(21)22)15(10-13)23-11-12-6-4-3-5-7-12/h3-10H,11H2,1-2H3,(H,19,20). The Labute approximate surface area is 133 Å². The normalized spacial score (nSPS) is 11.0. The monoisotopic (exact) mass is 315 g/mol. The van der Waals surface area contributed by atoms with E-state index in [-0.39, 0.29) is 18.0 Å². The SMILES string of the molecule is CC(C)(C(=O)O)c1ccc([N+](=O)[O-])c(OCc2ccccc2)c1. The van der Waals surface area contributed by atoms with Crippen LogP contribution in [0.2, 0.25) is 0 Å². The molecule has 0 heterocycles. The average molecular weight is 315 g/mol. The fourth-order valence-electron chi connectivity index (χ4n) is 2.03. The van der Waals surface area contributed by atoms with Gasteiger partial charge in [0.05, 0.1) is 10.3 Å². The second-order valence-electron chi connectivity index (χ2n) is 5.64. The van der Waals surface area contributed by atoms with Crippen molar-refractivity contribution in [3.63, 3.8) is 0 Å². The van der Waals surface area contributed by atoms with Gasteiger partial charge < -0.3 is 9.84 Å². The summed E-state index contributed by atoms with van der Waals surface area (Å²) in [6.45, 7) is 3.24. The Morgan fingerprint density at radius 2 is 1.87 bits per heavy atom. The van der Waals surface area contributed by atoms with Crippen molar-refractivity contribution in [1.82, 2.24) is 0 Å². The van der Waals surface area contributed by atoms with Crippen LogP contribution in [0.3, 0.4) is 0 Å². The summed E-state index contributed by atoms with van der Waals surface area (Å²) in [7, 11) is 0. The molecule has 0 atom stereocenters. The Bertz CT molecular complexity index is 725. The molecule has 6 heteroatoms. The molecule has 2 rings (SSSR count). The molecule has 0 fully saturated rings. The number of nitro benzene ring substituents is 1. The number of rotatable bonds is 6. The van der Waals surface area contributed by atoms with Crippen LogP contribution >= 0.6 is 0 Å². The van der Waals surface area contributed by atoms with Gasteiger partial charge in [-0.3, -0.25) is 14.9 Å². The van der Waals surface area contributed by atoms with E-state index in [9.17, 15) is 20.0 Å². The van der Waals surface area contributed by atoms with Gasteiger partial charge in [0.15, 0.2) is 5.75 Å². The zero-order valence-electron chi connectivity index (χ0n) is 12.9. The molecule has 0 aliphatic carbocycles. The lowest BCUT2D eigenvalue weighted by molar-refractivity contribution is -0.386. The number of carbonyl (C=O) groups is 1. The van der Waals surface area contributed by atoms with Gasteiger partial charge in [0, 0.05) is 6.07 Å². The predicted octanol–water partition coefficient (Wildman–Crippen LogP) is 3.54. The van der Waals surface area contributed by atoms with Gasteiger partial charge in [0.25, 0.3) is 0 Å². The summed E-state index contributed by atoms with van der Waals surface area (Å²) in [4.78, 5) is 21.9. The van der Waals surface area contributed by atoms with E-state index in [0.29, 0.717) is 5.56 Å². The number of hydrogen-bond donors (Lipinski definition) is 1. The molecule has 0 spiro atoms. The highest BCUT2D eigenvalue weighted by molar-refractivity contribution is 5.80. The van der Waals surface area contributed by atoms with Gasteiger partial charge in [-0.15, -0.1) is 0 Å². The zero-order chi connectivity index (χ0) is 17.0. The van der Waals surface area contributed by atoms with E-state index in [1.54, 1.807) is 0 Å². The Hall–Kier alpha value is -2.89. The molecule has 23 heavy (non-hydrogen) atoms. The largest absolute Gasteiger partial charge is 0.482 e. The van der Waals surface area contributed by atoms with Gasteiger partial charge in [-0.2, -0.15) is 0 Å². The minimum atomic E-state index is -1.17. The Kier molecular flexibility index (Phi) is 4.64. The van der Waals surface area contributed by atoms with Crippen LogP contribution < -0.4 is 4.74 Å². The van der Waals surface area contributed by atoms with Crippen molar-refractivity contribution in [2.75, 3.05) is 0 Å². The summed E-state index contributed by atoms with van der Waals surface area (Å²) in [5.74, 6) is -0.953. The summed E-state index contributed by atoms with van der Waals surface area (Å²) in [6, 6.07) is 13.4. The summed E-state index contributed by atoms with van der Waals surface area (Å²) in [6.07, 6.45) is 0. The smallest absolute Gasteiger partial charge is 0.313 e. The molecule has 0 aliphatic rings. The Balaban J connectivity index is 2.35. The molecule has 2 aromatic rings. The van der Waals surface area contributed by atoms with Crippen LogP contribution in [0, 0.1) is 10.1 Å². The predicted molar refractivity (Wildman–Crippen MR) is 84.5 cm³/mol. The van der Waals surface area contributed by atoms with E-state index in [1.807, 2.05) is 30.3 Å². The zero-order valence-corrected chi connectivity index (χ0v) is 12.9. The first kappa shape index (κ1) is 16.5. The second kappa shape index (κ2) is 6.48. The quantitative estimate of drug-likeness (QED) is 0.650. The van der Waals surface area contributed by atoms with Crippen molar-refractivity contribution >= 4 is 11.7 Å². The third-order valence-corrected chi connectivity index (χ3v) is 3.65. The van der Waals surface area contributed by atoms with Crippen molar-refractivity contribution < 1.29 is 19.6 Å². The minimum Gasteiger partial charge on any atom is -0.482 e. The van der Waals surface area contributed by atoms with Crippen LogP contribution in [-0.4, -0.2) is 16.0 Å². The highest BCUT2D eigenvalue weighted by atomic mass is 16.6. The van der Waals surface area contributed by atoms with Crippen LogP contribution in [0.15, 0.2) is 48.5 Å². The van der Waals surface area contributed by atoms with Crippen LogP contribution in [-0.2, 0) is 16.8 Å². The van der Waals surface area contributed by atoms with E-state index < -0.39 is 16.3 Å². The van der Waals surface area contributed by atoms with Crippen LogP contribution in [0.25, 0.3) is 0 Å². The number of carboxylic acids is 1. The molecule has 120 valence electrons. The first-order valence-corrected chi connectivity index (χ1v) is 7.01. The number of nitrogens with zero attached hydrogens (tertiary/aromatic N) is 1. The summed E-state index contributed by atoms with van der Waals surface area (Å²) < 4.78 is 5.57. The molecule has 1 N–H and O–H groups in total. The molecular weight excluding hydrogens is 298 g/mol. The van der Waals surface area contributed by atoms with Crippen LogP contribution in [0.5, 0.6) is 5.75 Å². The van der Waals surface area contributed by atoms with Crippen molar-refractivity contribution in [1.29, 1.82) is 0 Å². The fraction of sp³-hybridized carbons (Fsp3) is 0.235. The van der Waals surface area contributed by atoms with Gasteiger partial charge in [-0.05, 0) is 31.0 Å². The van der Waals surface area contributed by atoms with Crippen molar-refractivity contribution in [2.24, 2.45) is 0 Å². The molecule has 0 aromatic heterocycles. The van der Waals surface area contributed by atoms with E-state index in [1.165, 1.54) is 32.0 Å². The van der Waals surface area contributed by atoms with Gasteiger partial charge in [-0.25, -0.2) is 0 Å². The molecule has 0 saturated carbocycles. The Morgan fingerprint density at radius 1 is 1.22 bits per heavy atom. The number of aliphatic carboxylic acids is 1. The molecular formula is C17H17NO5. The van der Waals surface area contributed by atoms with Crippen molar-refractivity contribution in [3.05, 3.63) is 69.8 Å².